The number of piperidine rings is 1. The molecule has 6 nitrogen and oxygen atoms in total. The Hall–Kier alpha value is -1.85. The van der Waals surface area contributed by atoms with Crippen LogP contribution in [0.5, 0.6) is 0 Å². The van der Waals surface area contributed by atoms with Crippen LogP contribution in [0, 0.1) is 11.8 Å². The second-order valence-corrected chi connectivity index (χ2v) is 6.26. The molecule has 1 saturated heterocycles. The van der Waals surface area contributed by atoms with Crippen molar-refractivity contribution < 1.29 is 4.79 Å². The third-order valence-corrected chi connectivity index (χ3v) is 4.50. The number of nitrogens with one attached hydrogen (secondary N) is 1. The van der Waals surface area contributed by atoms with Crippen molar-refractivity contribution in [3.63, 3.8) is 0 Å². The predicted octanol–water partition coefficient (Wildman–Crippen LogP) is 1.39. The van der Waals surface area contributed by atoms with Crippen LogP contribution in [0.15, 0.2) is 12.4 Å². The van der Waals surface area contributed by atoms with Crippen molar-refractivity contribution in [2.45, 2.75) is 38.6 Å². The number of rotatable bonds is 5. The van der Waals surface area contributed by atoms with Gasteiger partial charge in [-0.1, -0.05) is 0 Å². The molecule has 0 unspecified atom stereocenters. The fourth-order valence-corrected chi connectivity index (χ4v) is 2.83. The molecule has 1 aromatic rings. The first-order chi connectivity index (χ1) is 10.1. The van der Waals surface area contributed by atoms with Gasteiger partial charge in [-0.3, -0.25) is 4.79 Å². The quantitative estimate of drug-likeness (QED) is 0.855. The molecule has 0 bridgehead atoms. The van der Waals surface area contributed by atoms with Crippen LogP contribution in [0.3, 0.4) is 0 Å². The lowest BCUT2D eigenvalue weighted by atomic mass is 9.93. The number of aromatic nitrogens is 2. The summed E-state index contributed by atoms with van der Waals surface area (Å²) < 4.78 is 0. The van der Waals surface area contributed by atoms with E-state index in [1.165, 1.54) is 12.8 Å². The molecular weight excluding hydrogens is 266 g/mol. The Balaban J connectivity index is 1.71. The summed E-state index contributed by atoms with van der Waals surface area (Å²) in [4.78, 5) is 22.3. The van der Waals surface area contributed by atoms with Gasteiger partial charge >= 0.3 is 0 Å². The standard InChI is InChI=1S/C15H23N5O/c1-10-2-5-12(15(16)21)8-20(10)14-6-13(18-9-19-14)17-7-11-3-4-11/h6,9-12H,2-5,7-8H2,1H3,(H2,16,21)(H,17,18,19)/t10-,12+/m1/s1. The maximum Gasteiger partial charge on any atom is 0.222 e. The Bertz CT molecular complexity index is 517. The molecule has 3 rings (SSSR count). The minimum Gasteiger partial charge on any atom is -0.370 e. The third kappa shape index (κ3) is 3.43. The largest absolute Gasteiger partial charge is 0.370 e. The molecule has 1 aliphatic carbocycles. The van der Waals surface area contributed by atoms with Crippen molar-refractivity contribution in [2.24, 2.45) is 17.6 Å². The maximum absolute atomic E-state index is 11.4. The summed E-state index contributed by atoms with van der Waals surface area (Å²) in [5.74, 6) is 2.24. The van der Waals surface area contributed by atoms with Gasteiger partial charge in [-0.25, -0.2) is 9.97 Å². The van der Waals surface area contributed by atoms with E-state index in [9.17, 15) is 4.79 Å². The first-order valence-electron chi connectivity index (χ1n) is 7.75. The topological polar surface area (TPSA) is 84.1 Å². The lowest BCUT2D eigenvalue weighted by molar-refractivity contribution is -0.122. The molecule has 1 saturated carbocycles. The molecule has 1 aromatic heterocycles. The lowest BCUT2D eigenvalue weighted by Crippen LogP contribution is -2.46. The fraction of sp³-hybridized carbons (Fsp3) is 0.667. The molecule has 2 atom stereocenters. The minimum absolute atomic E-state index is 0.0842. The molecule has 2 aliphatic rings. The molecule has 0 radical (unpaired) electrons. The number of primary amides is 1. The highest BCUT2D eigenvalue weighted by molar-refractivity contribution is 5.77. The van der Waals surface area contributed by atoms with Gasteiger partial charge in [0.05, 0.1) is 5.92 Å². The van der Waals surface area contributed by atoms with E-state index in [0.29, 0.717) is 12.6 Å². The molecule has 1 amide bonds. The van der Waals surface area contributed by atoms with Gasteiger partial charge in [0.15, 0.2) is 0 Å². The Morgan fingerprint density at radius 1 is 1.38 bits per heavy atom. The summed E-state index contributed by atoms with van der Waals surface area (Å²) in [5.41, 5.74) is 5.46. The van der Waals surface area contributed by atoms with E-state index in [4.69, 9.17) is 5.73 Å². The van der Waals surface area contributed by atoms with Gasteiger partial charge in [-0.15, -0.1) is 0 Å². The fourth-order valence-electron chi connectivity index (χ4n) is 2.83. The number of anilines is 2. The van der Waals surface area contributed by atoms with E-state index in [0.717, 1.165) is 36.9 Å². The molecule has 2 fully saturated rings. The van der Waals surface area contributed by atoms with E-state index in [2.05, 4.69) is 27.1 Å². The van der Waals surface area contributed by atoms with Gasteiger partial charge in [0.1, 0.15) is 18.0 Å². The summed E-state index contributed by atoms with van der Waals surface area (Å²) >= 11 is 0. The third-order valence-electron chi connectivity index (χ3n) is 4.50. The average molecular weight is 289 g/mol. The molecule has 1 aliphatic heterocycles. The van der Waals surface area contributed by atoms with Crippen molar-refractivity contribution in [1.29, 1.82) is 0 Å². The molecule has 3 N–H and O–H groups in total. The SMILES string of the molecule is C[C@@H]1CC[C@H](C(N)=O)CN1c1cc(NCC2CC2)ncn1. The van der Waals surface area contributed by atoms with E-state index in [-0.39, 0.29) is 11.8 Å². The summed E-state index contributed by atoms with van der Waals surface area (Å²) in [6, 6.07) is 2.34. The second-order valence-electron chi connectivity index (χ2n) is 6.26. The van der Waals surface area contributed by atoms with Crippen LogP contribution in [0.2, 0.25) is 0 Å². The second kappa shape index (κ2) is 5.87. The van der Waals surface area contributed by atoms with E-state index in [1.54, 1.807) is 6.33 Å². The predicted molar refractivity (Wildman–Crippen MR) is 82.0 cm³/mol. The Kier molecular flexibility index (Phi) is 3.94. The van der Waals surface area contributed by atoms with Crippen LogP contribution in [0.1, 0.15) is 32.6 Å². The number of hydrogen-bond acceptors (Lipinski definition) is 5. The van der Waals surface area contributed by atoms with E-state index >= 15 is 0 Å². The van der Waals surface area contributed by atoms with Gasteiger partial charge in [0.2, 0.25) is 5.91 Å². The van der Waals surface area contributed by atoms with Gasteiger partial charge in [0, 0.05) is 25.2 Å². The minimum atomic E-state index is -0.215. The van der Waals surface area contributed by atoms with Crippen molar-refractivity contribution in [1.82, 2.24) is 9.97 Å². The molecule has 0 aromatic carbocycles. The van der Waals surface area contributed by atoms with Gasteiger partial charge < -0.3 is 16.0 Å². The van der Waals surface area contributed by atoms with Gasteiger partial charge in [-0.2, -0.15) is 0 Å². The van der Waals surface area contributed by atoms with Crippen molar-refractivity contribution >= 4 is 17.5 Å². The first kappa shape index (κ1) is 14.1. The molecule has 6 heteroatoms. The number of carbonyl (C=O) groups excluding carboxylic acids is 1. The Morgan fingerprint density at radius 3 is 2.90 bits per heavy atom. The molecule has 0 spiro atoms. The molecule has 114 valence electrons. The van der Waals surface area contributed by atoms with Gasteiger partial charge in [0.25, 0.3) is 0 Å². The first-order valence-corrected chi connectivity index (χ1v) is 7.75. The van der Waals surface area contributed by atoms with Crippen molar-refractivity contribution in [2.75, 3.05) is 23.3 Å². The summed E-state index contributed by atoms with van der Waals surface area (Å²) in [6.45, 7) is 3.79. The van der Waals surface area contributed by atoms with Crippen LogP contribution < -0.4 is 16.0 Å². The van der Waals surface area contributed by atoms with E-state index < -0.39 is 0 Å². The van der Waals surface area contributed by atoms with E-state index in [1.807, 2.05) is 6.07 Å². The van der Waals surface area contributed by atoms with Gasteiger partial charge in [-0.05, 0) is 38.5 Å². The summed E-state index contributed by atoms with van der Waals surface area (Å²) in [7, 11) is 0. The molecular formula is C15H23N5O. The zero-order valence-electron chi connectivity index (χ0n) is 12.5. The monoisotopic (exact) mass is 289 g/mol. The summed E-state index contributed by atoms with van der Waals surface area (Å²) in [5, 5.41) is 3.37. The van der Waals surface area contributed by atoms with Crippen molar-refractivity contribution in [3.8, 4) is 0 Å². The van der Waals surface area contributed by atoms with Crippen molar-refractivity contribution in [3.05, 3.63) is 12.4 Å². The number of amides is 1. The highest BCUT2D eigenvalue weighted by Gasteiger charge is 2.29. The zero-order chi connectivity index (χ0) is 14.8. The van der Waals surface area contributed by atoms with Crippen LogP contribution in [0.25, 0.3) is 0 Å². The Labute approximate surface area is 125 Å². The highest BCUT2D eigenvalue weighted by atomic mass is 16.1. The maximum atomic E-state index is 11.4. The number of nitrogens with zero attached hydrogens (tertiary/aromatic N) is 3. The van der Waals surface area contributed by atoms with Crippen LogP contribution in [0.4, 0.5) is 11.6 Å². The normalized spacial score (nSPS) is 25.7. The van der Waals surface area contributed by atoms with Crippen LogP contribution in [-0.2, 0) is 4.79 Å². The average Bonchev–Trinajstić information content (AvgIpc) is 3.30. The number of nitrogens with two attached hydrogens (primary N) is 1. The molecule has 21 heavy (non-hydrogen) atoms. The van der Waals surface area contributed by atoms with Crippen LogP contribution in [-0.4, -0.2) is 35.0 Å². The number of hydrogen-bond donors (Lipinski definition) is 2. The number of carbonyl (C=O) groups is 1. The zero-order valence-corrected chi connectivity index (χ0v) is 12.5. The lowest BCUT2D eigenvalue weighted by Gasteiger charge is -2.37. The Morgan fingerprint density at radius 2 is 2.19 bits per heavy atom. The highest BCUT2D eigenvalue weighted by Crippen LogP contribution is 2.30. The molecule has 2 heterocycles. The van der Waals surface area contributed by atoms with Crippen LogP contribution >= 0.6 is 0 Å². The summed E-state index contributed by atoms with van der Waals surface area (Å²) in [6.07, 6.45) is 6.04. The smallest absolute Gasteiger partial charge is 0.222 e.